The lowest BCUT2D eigenvalue weighted by Gasteiger charge is -1.98. The van der Waals surface area contributed by atoms with Crippen LogP contribution in [0.5, 0.6) is 0 Å². The third kappa shape index (κ3) is 1.65. The fraction of sp³-hybridized carbons (Fsp3) is 0.375. The average molecular weight is 200 g/mol. The Morgan fingerprint density at radius 2 is 2.08 bits per heavy atom. The van der Waals surface area contributed by atoms with Crippen molar-refractivity contribution in [1.82, 2.24) is 9.78 Å². The first-order chi connectivity index (χ1) is 5.88. The molecular formula is C8H12N2O2S. The fourth-order valence-electron chi connectivity index (χ4n) is 1.34. The molecule has 0 aliphatic carbocycles. The molecule has 0 saturated carbocycles. The van der Waals surface area contributed by atoms with Gasteiger partial charge in [-0.3, -0.25) is 4.68 Å². The maximum Gasteiger partial charge on any atom is 0.179 e. The van der Waals surface area contributed by atoms with Gasteiger partial charge in [-0.2, -0.15) is 5.10 Å². The number of aryl methyl sites for hydroxylation is 2. The van der Waals surface area contributed by atoms with Gasteiger partial charge in [0.15, 0.2) is 9.84 Å². The molecule has 1 aromatic heterocycles. The quantitative estimate of drug-likeness (QED) is 0.708. The molecule has 0 aliphatic heterocycles. The molecule has 0 bridgehead atoms. The van der Waals surface area contributed by atoms with Crippen molar-refractivity contribution in [3.63, 3.8) is 0 Å². The van der Waals surface area contributed by atoms with E-state index in [1.54, 1.807) is 14.0 Å². The fourth-order valence-corrected chi connectivity index (χ4v) is 2.51. The zero-order valence-electron chi connectivity index (χ0n) is 7.90. The van der Waals surface area contributed by atoms with E-state index in [-0.39, 0.29) is 4.90 Å². The molecule has 5 heteroatoms. The molecule has 0 amide bonds. The summed E-state index contributed by atoms with van der Waals surface area (Å²) in [5.41, 5.74) is 1.06. The van der Waals surface area contributed by atoms with Gasteiger partial charge in [0.25, 0.3) is 0 Å². The standard InChI is InChI=1S/C8H12N2O2S/c1-5-7-8(13(4,11)12)6(2)9-10(7)3/h5H,1H2,2-4H3. The van der Waals surface area contributed by atoms with E-state index in [9.17, 15) is 8.42 Å². The average Bonchev–Trinajstić information content (AvgIpc) is 2.23. The SMILES string of the molecule is C=Cc1c(S(C)(=O)=O)c(C)nn1C. The van der Waals surface area contributed by atoms with Gasteiger partial charge in [0.2, 0.25) is 0 Å². The Hall–Kier alpha value is -1.10. The summed E-state index contributed by atoms with van der Waals surface area (Å²) in [5, 5.41) is 4.01. The van der Waals surface area contributed by atoms with Gasteiger partial charge in [0.1, 0.15) is 4.90 Å². The molecule has 0 saturated heterocycles. The van der Waals surface area contributed by atoms with Gasteiger partial charge >= 0.3 is 0 Å². The maximum atomic E-state index is 11.3. The van der Waals surface area contributed by atoms with E-state index in [2.05, 4.69) is 11.7 Å². The highest BCUT2D eigenvalue weighted by Gasteiger charge is 2.19. The van der Waals surface area contributed by atoms with Crippen molar-refractivity contribution in [2.45, 2.75) is 11.8 Å². The molecule has 0 radical (unpaired) electrons. The highest BCUT2D eigenvalue weighted by Crippen LogP contribution is 2.19. The molecule has 1 rings (SSSR count). The molecule has 0 atom stereocenters. The highest BCUT2D eigenvalue weighted by atomic mass is 32.2. The van der Waals surface area contributed by atoms with Crippen LogP contribution < -0.4 is 0 Å². The van der Waals surface area contributed by atoms with Gasteiger partial charge in [0, 0.05) is 13.3 Å². The van der Waals surface area contributed by atoms with Crippen LogP contribution >= 0.6 is 0 Å². The second-order valence-electron chi connectivity index (χ2n) is 2.90. The predicted molar refractivity (Wildman–Crippen MR) is 51.1 cm³/mol. The van der Waals surface area contributed by atoms with Crippen molar-refractivity contribution in [2.75, 3.05) is 6.26 Å². The lowest BCUT2D eigenvalue weighted by molar-refractivity contribution is 0.601. The minimum absolute atomic E-state index is 0.269. The lowest BCUT2D eigenvalue weighted by Crippen LogP contribution is -2.01. The van der Waals surface area contributed by atoms with Crippen LogP contribution in [-0.2, 0) is 16.9 Å². The third-order valence-corrected chi connectivity index (χ3v) is 3.02. The minimum atomic E-state index is -3.21. The number of aromatic nitrogens is 2. The van der Waals surface area contributed by atoms with E-state index < -0.39 is 9.84 Å². The first-order valence-corrected chi connectivity index (χ1v) is 5.63. The van der Waals surface area contributed by atoms with E-state index in [4.69, 9.17) is 0 Å². The summed E-state index contributed by atoms with van der Waals surface area (Å²) in [4.78, 5) is 0.269. The normalized spacial score (nSPS) is 11.6. The third-order valence-electron chi connectivity index (χ3n) is 1.77. The van der Waals surface area contributed by atoms with E-state index in [0.717, 1.165) is 0 Å². The Bertz CT molecular complexity index is 443. The molecule has 1 aromatic rings. The number of sulfone groups is 1. The van der Waals surface area contributed by atoms with Crippen molar-refractivity contribution in [1.29, 1.82) is 0 Å². The van der Waals surface area contributed by atoms with Gasteiger partial charge in [-0.05, 0) is 13.0 Å². The van der Waals surface area contributed by atoms with Crippen LogP contribution in [0.25, 0.3) is 6.08 Å². The van der Waals surface area contributed by atoms with Gasteiger partial charge < -0.3 is 0 Å². The molecule has 0 N–H and O–H groups in total. The molecule has 0 aromatic carbocycles. The molecule has 0 spiro atoms. The van der Waals surface area contributed by atoms with E-state index in [0.29, 0.717) is 11.4 Å². The van der Waals surface area contributed by atoms with Crippen molar-refractivity contribution in [3.8, 4) is 0 Å². The molecule has 1 heterocycles. The van der Waals surface area contributed by atoms with E-state index >= 15 is 0 Å². The van der Waals surface area contributed by atoms with Crippen LogP contribution in [0.3, 0.4) is 0 Å². The molecule has 13 heavy (non-hydrogen) atoms. The molecule has 72 valence electrons. The Kier molecular flexibility index (Phi) is 2.30. The smallest absolute Gasteiger partial charge is 0.179 e. The number of rotatable bonds is 2. The van der Waals surface area contributed by atoms with Crippen LogP contribution in [0.4, 0.5) is 0 Å². The number of hydrogen-bond acceptors (Lipinski definition) is 3. The summed E-state index contributed by atoms with van der Waals surface area (Å²) in [6, 6.07) is 0. The molecular weight excluding hydrogens is 188 g/mol. The Balaban J connectivity index is 3.61. The summed E-state index contributed by atoms with van der Waals surface area (Å²) >= 11 is 0. The Labute approximate surface area is 77.8 Å². The summed E-state index contributed by atoms with van der Waals surface area (Å²) in [6.45, 7) is 5.22. The summed E-state index contributed by atoms with van der Waals surface area (Å²) in [7, 11) is -1.52. The van der Waals surface area contributed by atoms with Crippen molar-refractivity contribution in [2.24, 2.45) is 7.05 Å². The lowest BCUT2D eigenvalue weighted by atomic mass is 10.3. The first-order valence-electron chi connectivity index (χ1n) is 3.74. The monoisotopic (exact) mass is 200 g/mol. The molecule has 0 fully saturated rings. The summed E-state index contributed by atoms with van der Waals surface area (Å²) < 4.78 is 24.2. The van der Waals surface area contributed by atoms with Crippen molar-refractivity contribution >= 4 is 15.9 Å². The topological polar surface area (TPSA) is 52.0 Å². The Morgan fingerprint density at radius 1 is 1.54 bits per heavy atom. The zero-order chi connectivity index (χ0) is 10.2. The minimum Gasteiger partial charge on any atom is -0.267 e. The van der Waals surface area contributed by atoms with Crippen LogP contribution in [0.2, 0.25) is 0 Å². The first kappa shape index (κ1) is 9.98. The number of hydrogen-bond donors (Lipinski definition) is 0. The predicted octanol–water partition coefficient (Wildman–Crippen LogP) is 0.775. The van der Waals surface area contributed by atoms with Crippen LogP contribution in [-0.4, -0.2) is 24.5 Å². The maximum absolute atomic E-state index is 11.3. The zero-order valence-corrected chi connectivity index (χ0v) is 8.72. The van der Waals surface area contributed by atoms with Crippen molar-refractivity contribution < 1.29 is 8.42 Å². The van der Waals surface area contributed by atoms with Gasteiger partial charge in [0.05, 0.1) is 11.4 Å². The van der Waals surface area contributed by atoms with E-state index in [1.807, 2.05) is 0 Å². The molecule has 0 aliphatic rings. The molecule has 0 unspecified atom stereocenters. The largest absolute Gasteiger partial charge is 0.267 e. The number of nitrogens with zero attached hydrogens (tertiary/aromatic N) is 2. The second-order valence-corrected chi connectivity index (χ2v) is 4.85. The van der Waals surface area contributed by atoms with Crippen LogP contribution in [0.15, 0.2) is 11.5 Å². The molecule has 4 nitrogen and oxygen atoms in total. The van der Waals surface area contributed by atoms with E-state index in [1.165, 1.54) is 17.0 Å². The second kappa shape index (κ2) is 2.99. The van der Waals surface area contributed by atoms with Crippen LogP contribution in [0.1, 0.15) is 11.4 Å². The van der Waals surface area contributed by atoms with Crippen molar-refractivity contribution in [3.05, 3.63) is 18.0 Å². The highest BCUT2D eigenvalue weighted by molar-refractivity contribution is 7.90. The van der Waals surface area contributed by atoms with Gasteiger partial charge in [-0.1, -0.05) is 6.58 Å². The Morgan fingerprint density at radius 3 is 2.38 bits per heavy atom. The van der Waals surface area contributed by atoms with Gasteiger partial charge in [-0.15, -0.1) is 0 Å². The summed E-state index contributed by atoms with van der Waals surface area (Å²) in [5.74, 6) is 0. The van der Waals surface area contributed by atoms with Gasteiger partial charge in [-0.25, -0.2) is 8.42 Å². The van der Waals surface area contributed by atoms with Crippen LogP contribution in [0, 0.1) is 6.92 Å². The summed E-state index contributed by atoms with van der Waals surface area (Å²) in [6.07, 6.45) is 2.67.